The van der Waals surface area contributed by atoms with Crippen molar-refractivity contribution in [3.63, 3.8) is 0 Å². The molecule has 3 atom stereocenters. The second-order valence-electron chi connectivity index (χ2n) is 8.16. The topological polar surface area (TPSA) is 57.2 Å². The molecule has 5 heteroatoms. The third kappa shape index (κ3) is 6.60. The first-order chi connectivity index (χ1) is 16.1. The predicted octanol–water partition coefficient (Wildman–Crippen LogP) is 5.00. The van der Waals surface area contributed by atoms with Crippen molar-refractivity contribution in [2.75, 3.05) is 6.61 Å². The number of hydrogen-bond donors (Lipinski definition) is 1. The standard InChI is InChI=1S/C28H30O5/c1-22-17-27(31-19-24-13-7-3-8-14-24)28(29,32-20-25-15-9-4-10-16-25)33-26(22)21-30-18-23-11-5-2-6-12-23/h2-16,26-27,29H,1,17-21H2. The van der Waals surface area contributed by atoms with Crippen molar-refractivity contribution in [3.8, 4) is 0 Å². The molecule has 0 aromatic heterocycles. The second kappa shape index (κ2) is 11.4. The van der Waals surface area contributed by atoms with Gasteiger partial charge in [-0.15, -0.1) is 0 Å². The molecule has 3 aromatic carbocycles. The highest BCUT2D eigenvalue weighted by molar-refractivity contribution is 5.16. The van der Waals surface area contributed by atoms with Crippen LogP contribution in [-0.4, -0.2) is 29.9 Å². The molecule has 33 heavy (non-hydrogen) atoms. The van der Waals surface area contributed by atoms with E-state index in [0.29, 0.717) is 19.6 Å². The van der Waals surface area contributed by atoms with Crippen LogP contribution in [-0.2, 0) is 38.8 Å². The molecule has 0 aliphatic carbocycles. The Kier molecular flexibility index (Phi) is 8.05. The van der Waals surface area contributed by atoms with E-state index >= 15 is 0 Å². The SMILES string of the molecule is C=C1CC(OCc2ccccc2)C(O)(OCc2ccccc2)OC1COCc1ccccc1. The molecule has 3 unspecified atom stereocenters. The number of aliphatic hydroxyl groups is 1. The molecular weight excluding hydrogens is 416 g/mol. The number of rotatable bonds is 10. The Balaban J connectivity index is 1.42. The predicted molar refractivity (Wildman–Crippen MR) is 126 cm³/mol. The lowest BCUT2D eigenvalue weighted by atomic mass is 9.99. The van der Waals surface area contributed by atoms with Gasteiger partial charge < -0.3 is 24.1 Å². The first-order valence-corrected chi connectivity index (χ1v) is 11.2. The summed E-state index contributed by atoms with van der Waals surface area (Å²) < 4.78 is 23.9. The highest BCUT2D eigenvalue weighted by Gasteiger charge is 2.48. The van der Waals surface area contributed by atoms with E-state index in [1.165, 1.54) is 0 Å². The molecule has 1 N–H and O–H groups in total. The smallest absolute Gasteiger partial charge is 0.309 e. The van der Waals surface area contributed by atoms with E-state index in [1.807, 2.05) is 91.0 Å². The second-order valence-corrected chi connectivity index (χ2v) is 8.16. The van der Waals surface area contributed by atoms with Crippen molar-refractivity contribution in [3.05, 3.63) is 120 Å². The van der Waals surface area contributed by atoms with Crippen LogP contribution in [0, 0.1) is 0 Å². The Morgan fingerprint density at radius 3 is 1.88 bits per heavy atom. The summed E-state index contributed by atoms with van der Waals surface area (Å²) in [5, 5.41) is 11.4. The maximum absolute atomic E-state index is 11.4. The zero-order chi connectivity index (χ0) is 22.9. The fourth-order valence-electron chi connectivity index (χ4n) is 3.69. The zero-order valence-corrected chi connectivity index (χ0v) is 18.6. The summed E-state index contributed by atoms with van der Waals surface area (Å²) in [5.74, 6) is -1.92. The van der Waals surface area contributed by atoms with Gasteiger partial charge in [-0.05, 0) is 22.3 Å². The van der Waals surface area contributed by atoms with Crippen molar-refractivity contribution in [1.29, 1.82) is 0 Å². The van der Waals surface area contributed by atoms with Gasteiger partial charge in [0.1, 0.15) is 12.2 Å². The lowest BCUT2D eigenvalue weighted by molar-refractivity contribution is -0.426. The molecule has 0 saturated carbocycles. The molecule has 5 nitrogen and oxygen atoms in total. The summed E-state index contributed by atoms with van der Waals surface area (Å²) in [4.78, 5) is 0. The molecule has 172 valence electrons. The highest BCUT2D eigenvalue weighted by Crippen LogP contribution is 2.35. The minimum absolute atomic E-state index is 0.187. The van der Waals surface area contributed by atoms with E-state index in [9.17, 15) is 5.11 Å². The van der Waals surface area contributed by atoms with Crippen LogP contribution in [0.15, 0.2) is 103 Å². The van der Waals surface area contributed by atoms with Crippen LogP contribution in [0.1, 0.15) is 23.1 Å². The van der Waals surface area contributed by atoms with E-state index in [2.05, 4.69) is 6.58 Å². The molecule has 0 radical (unpaired) electrons. The van der Waals surface area contributed by atoms with Gasteiger partial charge in [0.25, 0.3) is 0 Å². The van der Waals surface area contributed by atoms with Gasteiger partial charge in [-0.2, -0.15) is 0 Å². The minimum atomic E-state index is -1.92. The first-order valence-electron chi connectivity index (χ1n) is 11.2. The number of hydrogen-bond acceptors (Lipinski definition) is 5. The molecular formula is C28H30O5. The maximum atomic E-state index is 11.4. The monoisotopic (exact) mass is 446 g/mol. The Bertz CT molecular complexity index is 993. The van der Waals surface area contributed by atoms with E-state index in [0.717, 1.165) is 22.3 Å². The van der Waals surface area contributed by atoms with Crippen molar-refractivity contribution in [2.24, 2.45) is 0 Å². The van der Waals surface area contributed by atoms with Crippen LogP contribution in [0.2, 0.25) is 0 Å². The van der Waals surface area contributed by atoms with Crippen LogP contribution < -0.4 is 0 Å². The van der Waals surface area contributed by atoms with Crippen LogP contribution in [0.5, 0.6) is 0 Å². The molecule has 0 amide bonds. The van der Waals surface area contributed by atoms with Gasteiger partial charge in [0.05, 0.1) is 26.4 Å². The van der Waals surface area contributed by atoms with Gasteiger partial charge in [-0.1, -0.05) is 97.6 Å². The summed E-state index contributed by atoms with van der Waals surface area (Å²) in [6.45, 7) is 5.38. The van der Waals surface area contributed by atoms with Crippen LogP contribution >= 0.6 is 0 Å². The number of ether oxygens (including phenoxy) is 4. The molecule has 1 fully saturated rings. The maximum Gasteiger partial charge on any atom is 0.309 e. The average molecular weight is 447 g/mol. The zero-order valence-electron chi connectivity index (χ0n) is 18.6. The Morgan fingerprint density at radius 1 is 0.788 bits per heavy atom. The quantitative estimate of drug-likeness (QED) is 0.351. The fraction of sp³-hybridized carbons (Fsp3) is 0.286. The normalized spacial score (nSPS) is 22.9. The van der Waals surface area contributed by atoms with E-state index < -0.39 is 18.2 Å². The van der Waals surface area contributed by atoms with Gasteiger partial charge in [0.15, 0.2) is 0 Å². The summed E-state index contributed by atoms with van der Waals surface area (Å²) in [6, 6.07) is 29.4. The highest BCUT2D eigenvalue weighted by atomic mass is 16.8. The number of benzene rings is 3. The molecule has 0 bridgehead atoms. The van der Waals surface area contributed by atoms with E-state index in [1.54, 1.807) is 0 Å². The van der Waals surface area contributed by atoms with Gasteiger partial charge >= 0.3 is 5.97 Å². The van der Waals surface area contributed by atoms with Crippen molar-refractivity contribution in [1.82, 2.24) is 0 Å². The third-order valence-electron chi connectivity index (χ3n) is 5.58. The minimum Gasteiger partial charge on any atom is -0.374 e. The molecule has 0 spiro atoms. The largest absolute Gasteiger partial charge is 0.374 e. The van der Waals surface area contributed by atoms with E-state index in [4.69, 9.17) is 18.9 Å². The summed E-state index contributed by atoms with van der Waals surface area (Å²) >= 11 is 0. The summed E-state index contributed by atoms with van der Waals surface area (Å²) in [6.07, 6.45) is -0.831. The molecule has 3 aromatic rings. The molecule has 1 aliphatic rings. The molecule has 4 rings (SSSR count). The van der Waals surface area contributed by atoms with Gasteiger partial charge in [0, 0.05) is 6.42 Å². The van der Waals surface area contributed by atoms with Gasteiger partial charge in [0.2, 0.25) is 0 Å². The summed E-state index contributed by atoms with van der Waals surface area (Å²) in [7, 11) is 0. The first kappa shape index (κ1) is 23.4. The summed E-state index contributed by atoms with van der Waals surface area (Å²) in [5.41, 5.74) is 3.80. The Hall–Kier alpha value is -2.80. The van der Waals surface area contributed by atoms with Crippen LogP contribution in [0.4, 0.5) is 0 Å². The fourth-order valence-corrected chi connectivity index (χ4v) is 3.69. The third-order valence-corrected chi connectivity index (χ3v) is 5.58. The molecule has 1 heterocycles. The van der Waals surface area contributed by atoms with Gasteiger partial charge in [-0.3, -0.25) is 0 Å². The van der Waals surface area contributed by atoms with Crippen LogP contribution in [0.3, 0.4) is 0 Å². The van der Waals surface area contributed by atoms with Crippen molar-refractivity contribution >= 4 is 0 Å². The van der Waals surface area contributed by atoms with Gasteiger partial charge in [-0.25, -0.2) is 0 Å². The van der Waals surface area contributed by atoms with Crippen molar-refractivity contribution in [2.45, 2.75) is 44.4 Å². The molecule has 1 saturated heterocycles. The Labute approximate surface area is 195 Å². The lowest BCUT2D eigenvalue weighted by Crippen LogP contribution is -2.55. The Morgan fingerprint density at radius 2 is 1.30 bits per heavy atom. The molecule has 1 aliphatic heterocycles. The van der Waals surface area contributed by atoms with Crippen molar-refractivity contribution < 1.29 is 24.1 Å². The van der Waals surface area contributed by atoms with Crippen LogP contribution in [0.25, 0.3) is 0 Å². The lowest BCUT2D eigenvalue weighted by Gasteiger charge is -2.43. The van der Waals surface area contributed by atoms with E-state index in [-0.39, 0.29) is 13.2 Å². The average Bonchev–Trinajstić information content (AvgIpc) is 2.86.